The SMILES string of the molecule is CC(C)c1cc(-c2nn(C)c(Cl)c2C=O)no1. The van der Waals surface area contributed by atoms with Crippen molar-refractivity contribution >= 4 is 17.9 Å². The Hall–Kier alpha value is -1.62. The maximum absolute atomic E-state index is 11.0. The fourth-order valence-electron chi connectivity index (χ4n) is 1.49. The average Bonchev–Trinajstić information content (AvgIpc) is 2.85. The first-order chi connectivity index (χ1) is 8.04. The van der Waals surface area contributed by atoms with Gasteiger partial charge in [0.2, 0.25) is 0 Å². The number of hydrogen-bond acceptors (Lipinski definition) is 4. The van der Waals surface area contributed by atoms with Gasteiger partial charge in [0.1, 0.15) is 22.3 Å². The lowest BCUT2D eigenvalue weighted by Crippen LogP contribution is -1.89. The van der Waals surface area contributed by atoms with E-state index >= 15 is 0 Å². The van der Waals surface area contributed by atoms with Crippen molar-refractivity contribution in [2.75, 3.05) is 0 Å². The predicted octanol–water partition coefficient (Wildman–Crippen LogP) is 2.66. The van der Waals surface area contributed by atoms with Crippen LogP contribution >= 0.6 is 11.6 Å². The Morgan fingerprint density at radius 2 is 2.24 bits per heavy atom. The number of aldehydes is 1. The minimum atomic E-state index is 0.232. The maximum Gasteiger partial charge on any atom is 0.155 e. The Balaban J connectivity index is 2.52. The highest BCUT2D eigenvalue weighted by atomic mass is 35.5. The molecular formula is C11H12ClN3O2. The van der Waals surface area contributed by atoms with E-state index in [1.807, 2.05) is 13.8 Å². The third-order valence-corrected chi connectivity index (χ3v) is 2.92. The molecule has 2 heterocycles. The minimum Gasteiger partial charge on any atom is -0.360 e. The molecule has 0 aliphatic heterocycles. The standard InChI is InChI=1S/C11H12ClN3O2/c1-6(2)9-4-8(14-17-9)10-7(5-16)11(12)15(3)13-10/h4-6H,1-3H3. The zero-order chi connectivity index (χ0) is 12.6. The molecule has 2 aromatic rings. The predicted molar refractivity (Wildman–Crippen MR) is 63.2 cm³/mol. The summed E-state index contributed by atoms with van der Waals surface area (Å²) in [6, 6.07) is 1.77. The van der Waals surface area contributed by atoms with Gasteiger partial charge in [-0.1, -0.05) is 30.6 Å². The lowest BCUT2D eigenvalue weighted by Gasteiger charge is -1.93. The Morgan fingerprint density at radius 3 is 2.76 bits per heavy atom. The monoisotopic (exact) mass is 253 g/mol. The highest BCUT2D eigenvalue weighted by Crippen LogP contribution is 2.28. The van der Waals surface area contributed by atoms with Crippen molar-refractivity contribution in [3.05, 3.63) is 22.5 Å². The molecule has 0 aliphatic rings. The summed E-state index contributed by atoms with van der Waals surface area (Å²) in [6.07, 6.45) is 0.675. The topological polar surface area (TPSA) is 60.9 Å². The van der Waals surface area contributed by atoms with Crippen LogP contribution in [0.3, 0.4) is 0 Å². The summed E-state index contributed by atoms with van der Waals surface area (Å²) in [5.74, 6) is 0.980. The quantitative estimate of drug-likeness (QED) is 0.789. The van der Waals surface area contributed by atoms with Gasteiger partial charge < -0.3 is 4.52 Å². The minimum absolute atomic E-state index is 0.232. The fraction of sp³-hybridized carbons (Fsp3) is 0.364. The van der Waals surface area contributed by atoms with Crippen molar-refractivity contribution in [3.8, 4) is 11.4 Å². The summed E-state index contributed by atoms with van der Waals surface area (Å²) in [5.41, 5.74) is 1.30. The molecule has 0 amide bonds. The zero-order valence-corrected chi connectivity index (χ0v) is 10.5. The summed E-state index contributed by atoms with van der Waals surface area (Å²) in [5, 5.41) is 8.35. The molecule has 0 unspecified atom stereocenters. The molecule has 6 heteroatoms. The van der Waals surface area contributed by atoms with Crippen LogP contribution in [0.2, 0.25) is 5.15 Å². The third-order valence-electron chi connectivity index (χ3n) is 2.47. The van der Waals surface area contributed by atoms with Gasteiger partial charge >= 0.3 is 0 Å². The molecule has 0 aliphatic carbocycles. The average molecular weight is 254 g/mol. The molecule has 0 atom stereocenters. The van der Waals surface area contributed by atoms with E-state index in [4.69, 9.17) is 16.1 Å². The number of aromatic nitrogens is 3. The van der Waals surface area contributed by atoms with Gasteiger partial charge in [0.05, 0.1) is 5.56 Å². The molecule has 0 fully saturated rings. The van der Waals surface area contributed by atoms with Crippen molar-refractivity contribution in [1.82, 2.24) is 14.9 Å². The van der Waals surface area contributed by atoms with Crippen LogP contribution in [-0.4, -0.2) is 21.2 Å². The highest BCUT2D eigenvalue weighted by Gasteiger charge is 2.19. The number of carbonyl (C=O) groups excluding carboxylic acids is 1. The van der Waals surface area contributed by atoms with E-state index in [0.717, 1.165) is 5.76 Å². The number of carbonyl (C=O) groups is 1. The smallest absolute Gasteiger partial charge is 0.155 e. The molecule has 17 heavy (non-hydrogen) atoms. The molecule has 5 nitrogen and oxygen atoms in total. The third kappa shape index (κ3) is 1.98. The van der Waals surface area contributed by atoms with Crippen molar-refractivity contribution < 1.29 is 9.32 Å². The van der Waals surface area contributed by atoms with Gasteiger partial charge in [-0.3, -0.25) is 9.48 Å². The van der Waals surface area contributed by atoms with Gasteiger partial charge in [0.25, 0.3) is 0 Å². The molecule has 0 spiro atoms. The van der Waals surface area contributed by atoms with Gasteiger partial charge in [0.15, 0.2) is 6.29 Å². The van der Waals surface area contributed by atoms with E-state index in [2.05, 4.69) is 10.3 Å². The summed E-state index contributed by atoms with van der Waals surface area (Å²) in [6.45, 7) is 3.99. The number of rotatable bonds is 3. The second-order valence-electron chi connectivity index (χ2n) is 4.06. The van der Waals surface area contributed by atoms with Gasteiger partial charge in [-0.25, -0.2) is 0 Å². The summed E-state index contributed by atoms with van der Waals surface area (Å²) in [7, 11) is 1.67. The molecule has 90 valence electrons. The van der Waals surface area contributed by atoms with Crippen molar-refractivity contribution in [2.45, 2.75) is 19.8 Å². The molecule has 2 aromatic heterocycles. The van der Waals surface area contributed by atoms with Crippen molar-refractivity contribution in [2.24, 2.45) is 7.05 Å². The first-order valence-corrected chi connectivity index (χ1v) is 5.57. The van der Waals surface area contributed by atoms with E-state index in [1.54, 1.807) is 13.1 Å². The Bertz CT molecular complexity index is 557. The van der Waals surface area contributed by atoms with Crippen molar-refractivity contribution in [3.63, 3.8) is 0 Å². The van der Waals surface area contributed by atoms with E-state index in [1.165, 1.54) is 4.68 Å². The highest BCUT2D eigenvalue weighted by molar-refractivity contribution is 6.32. The molecule has 2 rings (SSSR count). The first-order valence-electron chi connectivity index (χ1n) is 5.19. The van der Waals surface area contributed by atoms with Crippen LogP contribution in [-0.2, 0) is 7.05 Å². The number of halogens is 1. The molecular weight excluding hydrogens is 242 g/mol. The molecule has 0 radical (unpaired) electrons. The van der Waals surface area contributed by atoms with Crippen LogP contribution in [0.4, 0.5) is 0 Å². The molecule has 0 saturated heterocycles. The van der Waals surface area contributed by atoms with Crippen LogP contribution in [0, 0.1) is 0 Å². The largest absolute Gasteiger partial charge is 0.360 e. The van der Waals surface area contributed by atoms with E-state index in [0.29, 0.717) is 28.4 Å². The number of aryl methyl sites for hydroxylation is 1. The van der Waals surface area contributed by atoms with Crippen LogP contribution in [0.15, 0.2) is 10.6 Å². The first kappa shape index (κ1) is 11.9. The van der Waals surface area contributed by atoms with Crippen LogP contribution < -0.4 is 0 Å². The number of nitrogens with zero attached hydrogens (tertiary/aromatic N) is 3. The Morgan fingerprint density at radius 1 is 1.53 bits per heavy atom. The van der Waals surface area contributed by atoms with Crippen molar-refractivity contribution in [1.29, 1.82) is 0 Å². The van der Waals surface area contributed by atoms with Crippen LogP contribution in [0.25, 0.3) is 11.4 Å². The molecule has 0 bridgehead atoms. The van der Waals surface area contributed by atoms with Crippen LogP contribution in [0.1, 0.15) is 35.9 Å². The fourth-order valence-corrected chi connectivity index (χ4v) is 1.66. The second-order valence-corrected chi connectivity index (χ2v) is 4.42. The second kappa shape index (κ2) is 4.33. The van der Waals surface area contributed by atoms with Gasteiger partial charge in [-0.2, -0.15) is 5.10 Å². The maximum atomic E-state index is 11.0. The van der Waals surface area contributed by atoms with Gasteiger partial charge in [0, 0.05) is 19.0 Å². The van der Waals surface area contributed by atoms with E-state index < -0.39 is 0 Å². The normalized spacial score (nSPS) is 11.1. The molecule has 0 aromatic carbocycles. The van der Waals surface area contributed by atoms with E-state index in [-0.39, 0.29) is 5.92 Å². The van der Waals surface area contributed by atoms with Gasteiger partial charge in [-0.15, -0.1) is 0 Å². The summed E-state index contributed by atoms with van der Waals surface area (Å²) in [4.78, 5) is 11.0. The summed E-state index contributed by atoms with van der Waals surface area (Å²) < 4.78 is 6.61. The van der Waals surface area contributed by atoms with E-state index in [9.17, 15) is 4.79 Å². The number of hydrogen-bond donors (Lipinski definition) is 0. The molecule has 0 saturated carbocycles. The van der Waals surface area contributed by atoms with Gasteiger partial charge in [-0.05, 0) is 0 Å². The lowest BCUT2D eigenvalue weighted by atomic mass is 10.1. The Kier molecular flexibility index (Phi) is 3.02. The zero-order valence-electron chi connectivity index (χ0n) is 9.77. The Labute approximate surface area is 103 Å². The lowest BCUT2D eigenvalue weighted by molar-refractivity contribution is 0.112. The molecule has 0 N–H and O–H groups in total. The van der Waals surface area contributed by atoms with Crippen LogP contribution in [0.5, 0.6) is 0 Å². The summed E-state index contributed by atoms with van der Waals surface area (Å²) >= 11 is 5.94.